The van der Waals surface area contributed by atoms with Gasteiger partial charge in [0.25, 0.3) is 5.91 Å². The molecule has 0 aliphatic carbocycles. The van der Waals surface area contributed by atoms with Gasteiger partial charge in [0.1, 0.15) is 5.75 Å². The van der Waals surface area contributed by atoms with E-state index in [-0.39, 0.29) is 36.0 Å². The zero-order chi connectivity index (χ0) is 19.0. The number of ether oxygens (including phenoxy) is 2. The smallest absolute Gasteiger partial charge is 0.317 e. The van der Waals surface area contributed by atoms with Gasteiger partial charge < -0.3 is 19.9 Å². The van der Waals surface area contributed by atoms with E-state index in [1.807, 2.05) is 11.8 Å². The molecule has 1 aromatic rings. The van der Waals surface area contributed by atoms with Crippen LogP contribution in [0.5, 0.6) is 5.75 Å². The topological polar surface area (TPSA) is 88.1 Å². The van der Waals surface area contributed by atoms with Gasteiger partial charge in [-0.05, 0) is 44.0 Å². The van der Waals surface area contributed by atoms with E-state index in [4.69, 9.17) is 14.6 Å². The van der Waals surface area contributed by atoms with Crippen LogP contribution in [0.2, 0.25) is 0 Å². The van der Waals surface area contributed by atoms with Crippen molar-refractivity contribution in [3.8, 4) is 5.75 Å². The van der Waals surface area contributed by atoms with Crippen LogP contribution in [0.25, 0.3) is 0 Å². The number of carbonyl (C=O) groups excluding carboxylic acids is 1. The number of rotatable bonds is 7. The number of likely N-dealkylation sites (tertiary alicyclic amines) is 1. The number of fused-ring (bicyclic) bond motifs is 1. The zero-order valence-electron chi connectivity index (χ0n) is 15.5. The van der Waals surface area contributed by atoms with Crippen LogP contribution >= 0.6 is 0 Å². The number of hydrogen-bond acceptors (Lipinski definition) is 5. The largest absolute Gasteiger partial charge is 0.494 e. The Balaban J connectivity index is 1.37. The molecule has 1 spiro atoms. The number of nitrogens with one attached hydrogen (secondary N) is 1. The molecular formula is C20H26N2O5. The average Bonchev–Trinajstić information content (AvgIpc) is 3.28. The minimum absolute atomic E-state index is 0.0531. The van der Waals surface area contributed by atoms with Gasteiger partial charge in [-0.1, -0.05) is 0 Å². The Morgan fingerprint density at radius 1 is 1.37 bits per heavy atom. The second-order valence-electron chi connectivity index (χ2n) is 7.76. The monoisotopic (exact) mass is 374 g/mol. The SMILES string of the molecule is CCOc1ccc(C(=O)NC[C@H]2[C@H]3CN(CC(=O)O)C[C@]34CC[C@H]2O4)cc1. The third-order valence-electron chi connectivity index (χ3n) is 6.14. The van der Waals surface area contributed by atoms with E-state index in [1.165, 1.54) is 0 Å². The third-order valence-corrected chi connectivity index (χ3v) is 6.14. The molecule has 4 rings (SSSR count). The van der Waals surface area contributed by atoms with Crippen molar-refractivity contribution in [1.29, 1.82) is 0 Å². The van der Waals surface area contributed by atoms with Crippen molar-refractivity contribution >= 4 is 11.9 Å². The molecule has 0 radical (unpaired) electrons. The molecule has 2 N–H and O–H groups in total. The van der Waals surface area contributed by atoms with Gasteiger partial charge in [-0.15, -0.1) is 0 Å². The summed E-state index contributed by atoms with van der Waals surface area (Å²) >= 11 is 0. The Morgan fingerprint density at radius 3 is 2.85 bits per heavy atom. The van der Waals surface area contributed by atoms with Gasteiger partial charge in [0.2, 0.25) is 0 Å². The lowest BCUT2D eigenvalue weighted by molar-refractivity contribution is -0.138. The van der Waals surface area contributed by atoms with E-state index in [0.717, 1.165) is 25.1 Å². The molecular weight excluding hydrogens is 348 g/mol. The molecule has 0 saturated carbocycles. The number of benzene rings is 1. The first-order chi connectivity index (χ1) is 13.0. The van der Waals surface area contributed by atoms with Crippen molar-refractivity contribution in [3.63, 3.8) is 0 Å². The lowest BCUT2D eigenvalue weighted by Gasteiger charge is -2.29. The van der Waals surface area contributed by atoms with Crippen LogP contribution in [0.3, 0.4) is 0 Å². The van der Waals surface area contributed by atoms with E-state index in [1.54, 1.807) is 24.3 Å². The summed E-state index contributed by atoms with van der Waals surface area (Å²) in [6, 6.07) is 7.14. The lowest BCUT2D eigenvalue weighted by Crippen LogP contribution is -2.41. The maximum Gasteiger partial charge on any atom is 0.317 e. The quantitative estimate of drug-likeness (QED) is 0.750. The number of amides is 1. The standard InChI is InChI=1S/C20H26N2O5/c1-2-26-14-5-3-13(4-6-14)19(25)21-9-15-16-10-22(11-18(23)24)12-20(16)8-7-17(15)27-20/h3-6,15-17H,2,7-12H2,1H3,(H,21,25)(H,23,24)/t15-,16+,17+,20+/m0/s1. The molecule has 2 bridgehead atoms. The molecule has 3 saturated heterocycles. The van der Waals surface area contributed by atoms with Crippen molar-refractivity contribution in [2.75, 3.05) is 32.8 Å². The molecule has 7 heteroatoms. The van der Waals surface area contributed by atoms with Crippen molar-refractivity contribution < 1.29 is 24.2 Å². The molecule has 3 heterocycles. The van der Waals surface area contributed by atoms with Crippen LogP contribution in [0.4, 0.5) is 0 Å². The summed E-state index contributed by atoms with van der Waals surface area (Å²) in [5.41, 5.74) is 0.394. The van der Waals surface area contributed by atoms with Gasteiger partial charge in [0, 0.05) is 37.0 Å². The van der Waals surface area contributed by atoms with Crippen LogP contribution in [-0.4, -0.2) is 66.4 Å². The van der Waals surface area contributed by atoms with Crippen molar-refractivity contribution in [3.05, 3.63) is 29.8 Å². The third kappa shape index (κ3) is 3.41. The second kappa shape index (κ2) is 7.13. The highest BCUT2D eigenvalue weighted by atomic mass is 16.5. The highest BCUT2D eigenvalue weighted by molar-refractivity contribution is 5.94. The Morgan fingerprint density at radius 2 is 2.15 bits per heavy atom. The lowest BCUT2D eigenvalue weighted by atomic mass is 9.73. The van der Waals surface area contributed by atoms with E-state index < -0.39 is 5.97 Å². The van der Waals surface area contributed by atoms with E-state index in [0.29, 0.717) is 25.3 Å². The minimum Gasteiger partial charge on any atom is -0.494 e. The van der Waals surface area contributed by atoms with Gasteiger partial charge in [-0.2, -0.15) is 0 Å². The molecule has 0 unspecified atom stereocenters. The predicted octanol–water partition coefficient (Wildman–Crippen LogP) is 1.38. The Kier molecular flexibility index (Phi) is 4.82. The summed E-state index contributed by atoms with van der Waals surface area (Å²) in [4.78, 5) is 25.5. The van der Waals surface area contributed by atoms with Gasteiger partial charge in [0.15, 0.2) is 0 Å². The van der Waals surface area contributed by atoms with E-state index in [9.17, 15) is 9.59 Å². The molecule has 3 fully saturated rings. The van der Waals surface area contributed by atoms with Crippen molar-refractivity contribution in [2.45, 2.75) is 31.5 Å². The molecule has 1 amide bonds. The number of hydrogen-bond donors (Lipinski definition) is 2. The first-order valence-corrected chi connectivity index (χ1v) is 9.64. The Labute approximate surface area is 158 Å². The summed E-state index contributed by atoms with van der Waals surface area (Å²) in [6.07, 6.45) is 2.14. The Hall–Kier alpha value is -2.12. The summed E-state index contributed by atoms with van der Waals surface area (Å²) in [5.74, 6) is 0.374. The maximum absolute atomic E-state index is 12.5. The fourth-order valence-corrected chi connectivity index (χ4v) is 5.05. The Bertz CT molecular complexity index is 722. The van der Waals surface area contributed by atoms with Crippen LogP contribution in [0.15, 0.2) is 24.3 Å². The summed E-state index contributed by atoms with van der Waals surface area (Å²) in [5, 5.41) is 12.1. The summed E-state index contributed by atoms with van der Waals surface area (Å²) in [6.45, 7) is 4.54. The summed E-state index contributed by atoms with van der Waals surface area (Å²) < 4.78 is 11.7. The van der Waals surface area contributed by atoms with Crippen LogP contribution < -0.4 is 10.1 Å². The minimum atomic E-state index is -0.804. The van der Waals surface area contributed by atoms with Gasteiger partial charge in [-0.25, -0.2) is 0 Å². The van der Waals surface area contributed by atoms with Crippen molar-refractivity contribution in [1.82, 2.24) is 10.2 Å². The van der Waals surface area contributed by atoms with Crippen LogP contribution in [0.1, 0.15) is 30.1 Å². The predicted molar refractivity (Wildman–Crippen MR) is 97.8 cm³/mol. The molecule has 1 aromatic carbocycles. The molecule has 146 valence electrons. The normalized spacial score (nSPS) is 31.7. The second-order valence-corrected chi connectivity index (χ2v) is 7.76. The molecule has 3 aliphatic rings. The number of aliphatic carboxylic acids is 1. The number of carbonyl (C=O) groups is 2. The average molecular weight is 374 g/mol. The maximum atomic E-state index is 12.5. The zero-order valence-corrected chi connectivity index (χ0v) is 15.5. The fourth-order valence-electron chi connectivity index (χ4n) is 5.05. The van der Waals surface area contributed by atoms with Gasteiger partial charge in [0.05, 0.1) is 24.9 Å². The first-order valence-electron chi connectivity index (χ1n) is 9.64. The summed E-state index contributed by atoms with van der Waals surface area (Å²) in [7, 11) is 0. The van der Waals surface area contributed by atoms with E-state index in [2.05, 4.69) is 5.32 Å². The molecule has 0 aromatic heterocycles. The molecule has 27 heavy (non-hydrogen) atoms. The number of carboxylic acids is 1. The highest BCUT2D eigenvalue weighted by Crippen LogP contribution is 2.54. The molecule has 7 nitrogen and oxygen atoms in total. The highest BCUT2D eigenvalue weighted by Gasteiger charge is 2.62. The fraction of sp³-hybridized carbons (Fsp3) is 0.600. The van der Waals surface area contributed by atoms with Crippen molar-refractivity contribution in [2.24, 2.45) is 11.8 Å². The van der Waals surface area contributed by atoms with Gasteiger partial charge in [-0.3, -0.25) is 14.5 Å². The first kappa shape index (κ1) is 18.3. The van der Waals surface area contributed by atoms with E-state index >= 15 is 0 Å². The van der Waals surface area contributed by atoms with Gasteiger partial charge >= 0.3 is 5.97 Å². The number of nitrogens with zero attached hydrogens (tertiary/aromatic N) is 1. The molecule has 3 aliphatic heterocycles. The van der Waals surface area contributed by atoms with Crippen LogP contribution in [0, 0.1) is 11.8 Å². The number of carboxylic acid groups (broad SMARTS) is 1. The van der Waals surface area contributed by atoms with Crippen LogP contribution in [-0.2, 0) is 9.53 Å². The molecule has 4 atom stereocenters.